The number of aromatic nitrogens is 4. The molecular weight excluding hydrogens is 418 g/mol. The summed E-state index contributed by atoms with van der Waals surface area (Å²) in [4.78, 5) is 49.4. The lowest BCUT2D eigenvalue weighted by Crippen LogP contribution is -2.48. The van der Waals surface area contributed by atoms with Crippen LogP contribution >= 0.6 is 11.8 Å². The van der Waals surface area contributed by atoms with Crippen molar-refractivity contribution < 1.29 is 9.53 Å². The van der Waals surface area contributed by atoms with Crippen molar-refractivity contribution in [2.75, 3.05) is 18.8 Å². The number of carbonyl (C=O) groups excluding carboxylic acids is 1. The first kappa shape index (κ1) is 22.0. The Morgan fingerprint density at radius 1 is 1.06 bits per heavy atom. The molecule has 2 aromatic heterocycles. The van der Waals surface area contributed by atoms with Crippen molar-refractivity contribution in [3.63, 3.8) is 0 Å². The van der Waals surface area contributed by atoms with Gasteiger partial charge in [0.05, 0.1) is 18.0 Å². The van der Waals surface area contributed by atoms with Crippen LogP contribution in [0.3, 0.4) is 0 Å². The SMILES string of the molecule is C[C@@H]1CN(C(=O)CSc2nc(C3CCCC3)nc3c2c(=O)n(C)c(=O)n3C)C[C@@H](C)O1. The number of morpholine rings is 1. The Labute approximate surface area is 184 Å². The Morgan fingerprint density at radius 2 is 1.71 bits per heavy atom. The van der Waals surface area contributed by atoms with Crippen molar-refractivity contribution in [2.45, 2.75) is 62.7 Å². The minimum Gasteiger partial charge on any atom is -0.372 e. The number of nitrogens with zero attached hydrogens (tertiary/aromatic N) is 5. The van der Waals surface area contributed by atoms with Gasteiger partial charge in [0.15, 0.2) is 5.65 Å². The molecule has 168 valence electrons. The van der Waals surface area contributed by atoms with E-state index in [4.69, 9.17) is 9.72 Å². The molecule has 0 spiro atoms. The second kappa shape index (κ2) is 8.74. The third-order valence-electron chi connectivity index (χ3n) is 6.11. The highest BCUT2D eigenvalue weighted by Crippen LogP contribution is 2.34. The van der Waals surface area contributed by atoms with E-state index >= 15 is 0 Å². The van der Waals surface area contributed by atoms with Gasteiger partial charge in [0.2, 0.25) is 5.91 Å². The largest absolute Gasteiger partial charge is 0.372 e. The fourth-order valence-corrected chi connectivity index (χ4v) is 5.44. The lowest BCUT2D eigenvalue weighted by Gasteiger charge is -2.35. The number of carbonyl (C=O) groups is 1. The van der Waals surface area contributed by atoms with Crippen LogP contribution < -0.4 is 11.2 Å². The molecule has 2 aliphatic rings. The second-order valence-corrected chi connectivity index (χ2v) is 9.58. The molecule has 0 bridgehead atoms. The van der Waals surface area contributed by atoms with Gasteiger partial charge in [-0.25, -0.2) is 14.8 Å². The third-order valence-corrected chi connectivity index (χ3v) is 7.07. The van der Waals surface area contributed by atoms with E-state index in [0.29, 0.717) is 35.0 Å². The van der Waals surface area contributed by atoms with Crippen LogP contribution in [0.25, 0.3) is 11.0 Å². The van der Waals surface area contributed by atoms with Gasteiger partial charge in [-0.15, -0.1) is 0 Å². The highest BCUT2D eigenvalue weighted by atomic mass is 32.2. The first-order valence-corrected chi connectivity index (χ1v) is 11.8. The van der Waals surface area contributed by atoms with E-state index in [9.17, 15) is 14.4 Å². The molecule has 2 fully saturated rings. The average Bonchev–Trinajstić information content (AvgIpc) is 3.28. The number of amides is 1. The summed E-state index contributed by atoms with van der Waals surface area (Å²) in [5.74, 6) is 1.04. The smallest absolute Gasteiger partial charge is 0.332 e. The number of hydrogen-bond acceptors (Lipinski definition) is 7. The molecule has 3 heterocycles. The van der Waals surface area contributed by atoms with E-state index < -0.39 is 11.2 Å². The van der Waals surface area contributed by atoms with Crippen molar-refractivity contribution in [1.82, 2.24) is 24.0 Å². The quantitative estimate of drug-likeness (QED) is 0.516. The maximum atomic E-state index is 12.9. The Morgan fingerprint density at radius 3 is 2.35 bits per heavy atom. The minimum absolute atomic E-state index is 0.00614. The molecule has 1 aliphatic carbocycles. The molecule has 2 aromatic rings. The predicted molar refractivity (Wildman–Crippen MR) is 119 cm³/mol. The van der Waals surface area contributed by atoms with Crippen LogP contribution in [-0.2, 0) is 23.6 Å². The van der Waals surface area contributed by atoms with E-state index in [1.165, 1.54) is 23.4 Å². The molecule has 0 radical (unpaired) electrons. The first-order chi connectivity index (χ1) is 14.8. The summed E-state index contributed by atoms with van der Waals surface area (Å²) in [7, 11) is 3.07. The van der Waals surface area contributed by atoms with Crippen molar-refractivity contribution >= 4 is 28.7 Å². The van der Waals surface area contributed by atoms with Crippen LogP contribution in [0.4, 0.5) is 0 Å². The molecule has 0 aromatic carbocycles. The molecule has 9 nitrogen and oxygen atoms in total. The van der Waals surface area contributed by atoms with Crippen molar-refractivity contribution in [3.8, 4) is 0 Å². The summed E-state index contributed by atoms with van der Waals surface area (Å²) in [6, 6.07) is 0. The maximum Gasteiger partial charge on any atom is 0.332 e. The maximum absolute atomic E-state index is 12.9. The average molecular weight is 448 g/mol. The summed E-state index contributed by atoms with van der Waals surface area (Å²) < 4.78 is 8.18. The number of aryl methyl sites for hydroxylation is 1. The van der Waals surface area contributed by atoms with E-state index in [1.54, 1.807) is 11.9 Å². The molecule has 4 rings (SSSR count). The van der Waals surface area contributed by atoms with Crippen LogP contribution in [0.1, 0.15) is 51.3 Å². The lowest BCUT2D eigenvalue weighted by molar-refractivity contribution is -0.140. The summed E-state index contributed by atoms with van der Waals surface area (Å²) in [6.45, 7) is 5.02. The first-order valence-electron chi connectivity index (χ1n) is 10.8. The number of rotatable bonds is 4. The zero-order valence-electron chi connectivity index (χ0n) is 18.5. The van der Waals surface area contributed by atoms with Crippen molar-refractivity contribution in [2.24, 2.45) is 14.1 Å². The lowest BCUT2D eigenvalue weighted by atomic mass is 10.1. The normalized spacial score (nSPS) is 22.4. The molecule has 1 saturated heterocycles. The van der Waals surface area contributed by atoms with E-state index in [2.05, 4.69) is 4.98 Å². The molecule has 0 unspecified atom stereocenters. The van der Waals surface area contributed by atoms with Gasteiger partial charge in [-0.05, 0) is 26.7 Å². The fraction of sp³-hybridized carbons (Fsp3) is 0.667. The second-order valence-electron chi connectivity index (χ2n) is 8.62. The number of hydrogen-bond donors (Lipinski definition) is 0. The Kier molecular flexibility index (Phi) is 6.20. The van der Waals surface area contributed by atoms with E-state index in [-0.39, 0.29) is 29.8 Å². The summed E-state index contributed by atoms with van der Waals surface area (Å²) >= 11 is 1.25. The van der Waals surface area contributed by atoms with Gasteiger partial charge in [-0.1, -0.05) is 24.6 Å². The number of fused-ring (bicyclic) bond motifs is 1. The molecule has 1 saturated carbocycles. The highest BCUT2D eigenvalue weighted by Gasteiger charge is 2.28. The third kappa shape index (κ3) is 4.27. The zero-order chi connectivity index (χ0) is 22.3. The molecular formula is C21H29N5O4S. The monoisotopic (exact) mass is 447 g/mol. The van der Waals surface area contributed by atoms with Gasteiger partial charge in [-0.2, -0.15) is 0 Å². The van der Waals surface area contributed by atoms with Gasteiger partial charge in [0.25, 0.3) is 5.56 Å². The zero-order valence-corrected chi connectivity index (χ0v) is 19.3. The fourth-order valence-electron chi connectivity index (χ4n) is 4.52. The van der Waals surface area contributed by atoms with Crippen LogP contribution in [0.5, 0.6) is 0 Å². The summed E-state index contributed by atoms with van der Waals surface area (Å²) in [5, 5.41) is 0.777. The van der Waals surface area contributed by atoms with Crippen LogP contribution in [-0.4, -0.2) is 61.0 Å². The molecule has 0 N–H and O–H groups in total. The topological polar surface area (TPSA) is 99.3 Å². The van der Waals surface area contributed by atoms with Gasteiger partial charge < -0.3 is 9.64 Å². The van der Waals surface area contributed by atoms with Crippen LogP contribution in [0.15, 0.2) is 14.6 Å². The standard InChI is InChI=1S/C21H29N5O4S/c1-12-9-26(10-13(2)30-12)15(27)11-31-19-16-18(24(3)21(29)25(4)20(16)28)22-17(23-19)14-7-5-6-8-14/h12-14H,5-11H2,1-4H3/t12-,13-/m1/s1. The Bertz CT molecular complexity index is 1110. The van der Waals surface area contributed by atoms with Gasteiger partial charge >= 0.3 is 5.69 Å². The molecule has 1 aliphatic heterocycles. The van der Waals surface area contributed by atoms with Gasteiger partial charge in [-0.3, -0.25) is 18.7 Å². The molecule has 1 amide bonds. The van der Waals surface area contributed by atoms with Gasteiger partial charge in [0.1, 0.15) is 16.2 Å². The Hall–Kier alpha value is -2.20. The number of ether oxygens (including phenoxy) is 1. The van der Waals surface area contributed by atoms with Crippen molar-refractivity contribution in [1.29, 1.82) is 0 Å². The van der Waals surface area contributed by atoms with Gasteiger partial charge in [0, 0.05) is 33.1 Å². The summed E-state index contributed by atoms with van der Waals surface area (Å²) in [5.41, 5.74) is -0.509. The number of thioether (sulfide) groups is 1. The molecule has 2 atom stereocenters. The van der Waals surface area contributed by atoms with Crippen LogP contribution in [0.2, 0.25) is 0 Å². The molecule has 31 heavy (non-hydrogen) atoms. The highest BCUT2D eigenvalue weighted by molar-refractivity contribution is 8.00. The molecule has 10 heteroatoms. The minimum atomic E-state index is -0.431. The van der Waals surface area contributed by atoms with E-state index in [1.807, 2.05) is 13.8 Å². The van der Waals surface area contributed by atoms with Crippen LogP contribution in [0, 0.1) is 0 Å². The predicted octanol–water partition coefficient (Wildman–Crippen LogP) is 1.41. The summed E-state index contributed by atoms with van der Waals surface area (Å²) in [6.07, 6.45) is 4.22. The van der Waals surface area contributed by atoms with Crippen molar-refractivity contribution in [3.05, 3.63) is 26.7 Å². The van der Waals surface area contributed by atoms with E-state index in [0.717, 1.165) is 30.3 Å². The Balaban J connectivity index is 1.70.